The number of amides is 1. The molecule has 1 aliphatic heterocycles. The number of carbonyl (C=O) groups is 1. The van der Waals surface area contributed by atoms with E-state index in [1.54, 1.807) is 27.9 Å². The quantitative estimate of drug-likeness (QED) is 0.383. The van der Waals surface area contributed by atoms with Gasteiger partial charge in [-0.15, -0.1) is 0 Å². The fourth-order valence-corrected chi connectivity index (χ4v) is 4.87. The van der Waals surface area contributed by atoms with Crippen LogP contribution in [0.2, 0.25) is 0 Å². The Balaban J connectivity index is 1.49. The van der Waals surface area contributed by atoms with Crippen LogP contribution in [0.1, 0.15) is 44.0 Å². The first-order valence-corrected chi connectivity index (χ1v) is 12.3. The molecule has 0 aliphatic carbocycles. The van der Waals surface area contributed by atoms with Crippen LogP contribution in [0.25, 0.3) is 27.8 Å². The van der Waals surface area contributed by atoms with Gasteiger partial charge < -0.3 is 14.2 Å². The summed E-state index contributed by atoms with van der Waals surface area (Å²) in [5.74, 6) is 0. The van der Waals surface area contributed by atoms with Gasteiger partial charge in [-0.05, 0) is 75.9 Å². The third-order valence-electron chi connectivity index (χ3n) is 6.67. The number of nitrogens with zero attached hydrogens (tertiary/aromatic N) is 4. The van der Waals surface area contributed by atoms with Crippen molar-refractivity contribution in [2.24, 2.45) is 7.05 Å². The molecule has 7 nitrogen and oxygen atoms in total. The Labute approximate surface area is 211 Å². The number of aromatic nitrogens is 3. The van der Waals surface area contributed by atoms with Gasteiger partial charge in [-0.2, -0.15) is 0 Å². The molecule has 4 heterocycles. The van der Waals surface area contributed by atoms with Crippen molar-refractivity contribution in [1.29, 1.82) is 0 Å². The van der Waals surface area contributed by atoms with Gasteiger partial charge in [0.25, 0.3) is 5.56 Å². The summed E-state index contributed by atoms with van der Waals surface area (Å²) >= 11 is 0. The van der Waals surface area contributed by atoms with Gasteiger partial charge in [0.05, 0.1) is 23.4 Å². The highest BCUT2D eigenvalue weighted by Crippen LogP contribution is 2.31. The molecule has 0 saturated carbocycles. The Morgan fingerprint density at radius 3 is 2.58 bits per heavy atom. The lowest BCUT2D eigenvalue weighted by atomic mass is 10.1. The van der Waals surface area contributed by atoms with Gasteiger partial charge in [-0.25, -0.2) is 4.79 Å². The summed E-state index contributed by atoms with van der Waals surface area (Å²) < 4.78 is 9.43. The smallest absolute Gasteiger partial charge is 0.410 e. The normalized spacial score (nSPS) is 14.0. The minimum atomic E-state index is -0.529. The van der Waals surface area contributed by atoms with Gasteiger partial charge in [-0.1, -0.05) is 12.1 Å². The van der Waals surface area contributed by atoms with E-state index in [0.29, 0.717) is 13.1 Å². The summed E-state index contributed by atoms with van der Waals surface area (Å²) in [5.41, 5.74) is 6.23. The molecular formula is C29H32N4O3. The second kappa shape index (κ2) is 8.97. The number of carbonyl (C=O) groups excluding carboxylic acids is 1. The Kier molecular flexibility index (Phi) is 5.94. The number of ether oxygens (including phenoxy) is 1. The average Bonchev–Trinajstić information content (AvgIpc) is 2.97. The van der Waals surface area contributed by atoms with Gasteiger partial charge in [0.1, 0.15) is 5.60 Å². The third-order valence-corrected chi connectivity index (χ3v) is 6.67. The van der Waals surface area contributed by atoms with Gasteiger partial charge in [-0.3, -0.25) is 14.3 Å². The van der Waals surface area contributed by atoms with Crippen molar-refractivity contribution in [3.8, 4) is 16.9 Å². The molecule has 4 aromatic rings. The van der Waals surface area contributed by atoms with Crippen LogP contribution in [-0.4, -0.2) is 37.3 Å². The molecule has 0 saturated heterocycles. The summed E-state index contributed by atoms with van der Waals surface area (Å²) in [7, 11) is 2.03. The van der Waals surface area contributed by atoms with Crippen molar-refractivity contribution in [3.05, 3.63) is 82.0 Å². The average molecular weight is 485 g/mol. The second-order valence-electron chi connectivity index (χ2n) is 10.5. The SMILES string of the molecule is Cc1ccc(-c2ccn(-c3ccc4c5c(n(C)c4c3)CN(C(=O)OC(C)(C)C)CCC5)c(=O)c2)nc1. The van der Waals surface area contributed by atoms with E-state index in [1.165, 1.54) is 5.56 Å². The number of fused-ring (bicyclic) bond motifs is 3. The summed E-state index contributed by atoms with van der Waals surface area (Å²) in [5, 5.41) is 1.16. The van der Waals surface area contributed by atoms with E-state index in [-0.39, 0.29) is 11.7 Å². The number of pyridine rings is 2. The summed E-state index contributed by atoms with van der Waals surface area (Å²) in [4.78, 5) is 32.1. The van der Waals surface area contributed by atoms with Crippen LogP contribution in [0.15, 0.2) is 59.7 Å². The van der Waals surface area contributed by atoms with Crippen LogP contribution in [0, 0.1) is 6.92 Å². The van der Waals surface area contributed by atoms with Crippen molar-refractivity contribution in [1.82, 2.24) is 19.0 Å². The van der Waals surface area contributed by atoms with Gasteiger partial charge in [0.2, 0.25) is 0 Å². The van der Waals surface area contributed by atoms with Crippen molar-refractivity contribution in [3.63, 3.8) is 0 Å². The molecule has 7 heteroatoms. The summed E-state index contributed by atoms with van der Waals surface area (Å²) in [6, 6.07) is 13.6. The first kappa shape index (κ1) is 23.9. The number of aryl methyl sites for hydroxylation is 3. The van der Waals surface area contributed by atoms with E-state index in [0.717, 1.165) is 51.9 Å². The maximum absolute atomic E-state index is 13.0. The van der Waals surface area contributed by atoms with Crippen molar-refractivity contribution in [2.45, 2.75) is 52.7 Å². The molecule has 0 bridgehead atoms. The van der Waals surface area contributed by atoms with E-state index in [4.69, 9.17) is 4.74 Å². The molecule has 0 unspecified atom stereocenters. The van der Waals surface area contributed by atoms with Gasteiger partial charge >= 0.3 is 6.09 Å². The maximum Gasteiger partial charge on any atom is 0.410 e. The zero-order valence-electron chi connectivity index (χ0n) is 21.5. The van der Waals surface area contributed by atoms with E-state index < -0.39 is 5.60 Å². The summed E-state index contributed by atoms with van der Waals surface area (Å²) in [6.07, 6.45) is 5.09. The number of hydrogen-bond donors (Lipinski definition) is 0. The minimum absolute atomic E-state index is 0.110. The first-order chi connectivity index (χ1) is 17.1. The topological polar surface area (TPSA) is 69.4 Å². The van der Waals surface area contributed by atoms with Crippen LogP contribution in [-0.2, 0) is 24.8 Å². The van der Waals surface area contributed by atoms with Crippen molar-refractivity contribution in [2.75, 3.05) is 6.54 Å². The van der Waals surface area contributed by atoms with Gasteiger partial charge in [0.15, 0.2) is 0 Å². The van der Waals surface area contributed by atoms with E-state index in [9.17, 15) is 9.59 Å². The fraction of sp³-hybridized carbons (Fsp3) is 0.345. The highest BCUT2D eigenvalue weighted by molar-refractivity contribution is 5.87. The number of benzene rings is 1. The highest BCUT2D eigenvalue weighted by atomic mass is 16.6. The van der Waals surface area contributed by atoms with Gasteiger partial charge in [0, 0.05) is 48.7 Å². The van der Waals surface area contributed by atoms with E-state index in [1.807, 2.05) is 65.1 Å². The molecule has 0 fully saturated rings. The van der Waals surface area contributed by atoms with Crippen molar-refractivity contribution < 1.29 is 9.53 Å². The molecule has 1 aliphatic rings. The Hall–Kier alpha value is -3.87. The van der Waals surface area contributed by atoms with E-state index in [2.05, 4.69) is 15.6 Å². The molecular weight excluding hydrogens is 452 g/mol. The molecule has 0 N–H and O–H groups in total. The zero-order chi connectivity index (χ0) is 25.6. The summed E-state index contributed by atoms with van der Waals surface area (Å²) in [6.45, 7) is 8.82. The Morgan fingerprint density at radius 2 is 1.89 bits per heavy atom. The Morgan fingerprint density at radius 1 is 1.08 bits per heavy atom. The molecule has 5 rings (SSSR count). The standard InChI is InChI=1S/C29H32N4O3/c1-19-8-11-24(30-17-19)20-12-14-33(27(34)15-20)21-9-10-23-22-7-6-13-32(28(35)36-29(2,3)4)18-26(22)31(5)25(23)16-21/h8-12,14-17H,6-7,13,18H2,1-5H3. The first-order valence-electron chi connectivity index (χ1n) is 12.3. The van der Waals surface area contributed by atoms with Crippen LogP contribution in [0.4, 0.5) is 4.79 Å². The minimum Gasteiger partial charge on any atom is -0.444 e. The maximum atomic E-state index is 13.0. The molecule has 1 amide bonds. The Bertz CT molecular complexity index is 1510. The third kappa shape index (κ3) is 4.53. The second-order valence-corrected chi connectivity index (χ2v) is 10.5. The molecule has 0 spiro atoms. The predicted octanol–water partition coefficient (Wildman–Crippen LogP) is 5.38. The van der Waals surface area contributed by atoms with Crippen LogP contribution < -0.4 is 5.56 Å². The number of rotatable bonds is 2. The molecule has 0 atom stereocenters. The lowest BCUT2D eigenvalue weighted by Gasteiger charge is -2.26. The van der Waals surface area contributed by atoms with Crippen LogP contribution in [0.3, 0.4) is 0 Å². The largest absolute Gasteiger partial charge is 0.444 e. The monoisotopic (exact) mass is 484 g/mol. The lowest BCUT2D eigenvalue weighted by Crippen LogP contribution is -2.36. The lowest BCUT2D eigenvalue weighted by molar-refractivity contribution is 0.0233. The molecule has 0 radical (unpaired) electrons. The van der Waals surface area contributed by atoms with Crippen molar-refractivity contribution >= 4 is 17.0 Å². The van der Waals surface area contributed by atoms with Crippen LogP contribution >= 0.6 is 0 Å². The number of hydrogen-bond acceptors (Lipinski definition) is 4. The molecule has 36 heavy (non-hydrogen) atoms. The highest BCUT2D eigenvalue weighted by Gasteiger charge is 2.27. The molecule has 1 aromatic carbocycles. The molecule has 3 aromatic heterocycles. The van der Waals surface area contributed by atoms with E-state index >= 15 is 0 Å². The van der Waals surface area contributed by atoms with Crippen LogP contribution in [0.5, 0.6) is 0 Å². The molecule has 186 valence electrons. The zero-order valence-corrected chi connectivity index (χ0v) is 21.5. The predicted molar refractivity (Wildman–Crippen MR) is 141 cm³/mol. The fourth-order valence-electron chi connectivity index (χ4n) is 4.87.